The summed E-state index contributed by atoms with van der Waals surface area (Å²) in [6, 6.07) is 5.02. The Morgan fingerprint density at radius 2 is 2.22 bits per heavy atom. The molecule has 7 heteroatoms. The Labute approximate surface area is 159 Å². The molecule has 5 rings (SSSR count). The number of nitrogens with zero attached hydrogens (tertiary/aromatic N) is 4. The average Bonchev–Trinajstić information content (AvgIpc) is 3.29. The van der Waals surface area contributed by atoms with E-state index in [-0.39, 0.29) is 18.0 Å². The third-order valence-electron chi connectivity index (χ3n) is 5.20. The highest BCUT2D eigenvalue weighted by atomic mass is 32.1. The largest absolute Gasteiger partial charge is 0.378 e. The van der Waals surface area contributed by atoms with Gasteiger partial charge >= 0.3 is 0 Å². The Bertz CT molecular complexity index is 1110. The number of benzene rings is 1. The quantitative estimate of drug-likeness (QED) is 0.523. The lowest BCUT2D eigenvalue weighted by molar-refractivity contribution is 0.00631. The molecule has 1 saturated heterocycles. The molecule has 3 aromatic heterocycles. The second-order valence-electron chi connectivity index (χ2n) is 7.07. The summed E-state index contributed by atoms with van der Waals surface area (Å²) in [5, 5.41) is 2.86. The molecular formula is C20H19FN4OS. The van der Waals surface area contributed by atoms with Gasteiger partial charge in [-0.25, -0.2) is 14.4 Å². The SMILES string of the molecule is C[C@@H]1C[C@H](n2c(Cc3cscn3)nc3cnc4ccc(F)cc4c32)CCO1. The van der Waals surface area contributed by atoms with Gasteiger partial charge in [-0.3, -0.25) is 4.98 Å². The van der Waals surface area contributed by atoms with Gasteiger partial charge in [-0.05, 0) is 38.0 Å². The number of hydrogen-bond acceptors (Lipinski definition) is 5. The van der Waals surface area contributed by atoms with Crippen LogP contribution < -0.4 is 0 Å². The summed E-state index contributed by atoms with van der Waals surface area (Å²) in [6.45, 7) is 2.82. The van der Waals surface area contributed by atoms with Crippen molar-refractivity contribution in [3.8, 4) is 0 Å². The fourth-order valence-corrected chi connectivity index (χ4v) is 4.57. The van der Waals surface area contributed by atoms with Gasteiger partial charge in [0.15, 0.2) is 0 Å². The van der Waals surface area contributed by atoms with Crippen LogP contribution in [0.5, 0.6) is 0 Å². The van der Waals surface area contributed by atoms with Crippen LogP contribution in [0.25, 0.3) is 21.9 Å². The highest BCUT2D eigenvalue weighted by Gasteiger charge is 2.26. The van der Waals surface area contributed by atoms with Crippen LogP contribution in [0.3, 0.4) is 0 Å². The molecule has 1 aromatic carbocycles. The van der Waals surface area contributed by atoms with E-state index in [0.29, 0.717) is 6.42 Å². The number of halogens is 1. The van der Waals surface area contributed by atoms with Gasteiger partial charge in [-0.15, -0.1) is 11.3 Å². The van der Waals surface area contributed by atoms with Gasteiger partial charge in [0.05, 0.1) is 34.5 Å². The summed E-state index contributed by atoms with van der Waals surface area (Å²) < 4.78 is 22.1. The zero-order valence-electron chi connectivity index (χ0n) is 14.9. The molecule has 138 valence electrons. The van der Waals surface area contributed by atoms with Crippen molar-refractivity contribution in [1.29, 1.82) is 0 Å². The summed E-state index contributed by atoms with van der Waals surface area (Å²) in [7, 11) is 0. The number of rotatable bonds is 3. The van der Waals surface area contributed by atoms with Crippen LogP contribution in [0.4, 0.5) is 4.39 Å². The zero-order valence-corrected chi connectivity index (χ0v) is 15.7. The fraction of sp³-hybridized carbons (Fsp3) is 0.350. The van der Waals surface area contributed by atoms with E-state index in [1.165, 1.54) is 6.07 Å². The standard InChI is InChI=1S/C20H19FN4OS/c1-12-6-15(4-5-26-12)25-19(8-14-10-27-11-23-14)24-18-9-22-17-3-2-13(21)7-16(17)20(18)25/h2-3,7,9-12,15H,4-6,8H2,1H3/t12-,15-/m1/s1. The molecule has 0 saturated carbocycles. The topological polar surface area (TPSA) is 52.8 Å². The summed E-state index contributed by atoms with van der Waals surface area (Å²) in [6.07, 6.45) is 4.46. The predicted octanol–water partition coefficient (Wildman–Crippen LogP) is 4.51. The Morgan fingerprint density at radius 3 is 3.04 bits per heavy atom. The molecule has 1 aliphatic heterocycles. The van der Waals surface area contributed by atoms with Crippen molar-refractivity contribution in [2.24, 2.45) is 0 Å². The van der Waals surface area contributed by atoms with E-state index in [9.17, 15) is 4.39 Å². The average molecular weight is 382 g/mol. The second kappa shape index (κ2) is 6.65. The molecule has 0 N–H and O–H groups in total. The van der Waals surface area contributed by atoms with Crippen molar-refractivity contribution in [3.63, 3.8) is 0 Å². The van der Waals surface area contributed by atoms with E-state index >= 15 is 0 Å². The minimum absolute atomic E-state index is 0.193. The molecule has 5 nitrogen and oxygen atoms in total. The number of imidazole rings is 1. The van der Waals surface area contributed by atoms with Crippen molar-refractivity contribution >= 4 is 33.3 Å². The molecule has 0 aliphatic carbocycles. The maximum atomic E-state index is 14.0. The number of pyridine rings is 1. The third kappa shape index (κ3) is 3.00. The normalized spacial score (nSPS) is 20.5. The van der Waals surface area contributed by atoms with Crippen molar-refractivity contribution in [2.75, 3.05) is 6.61 Å². The number of fused-ring (bicyclic) bond motifs is 3. The first-order valence-corrected chi connectivity index (χ1v) is 10.1. The molecule has 4 aromatic rings. The van der Waals surface area contributed by atoms with E-state index in [1.807, 2.05) is 10.9 Å². The first-order chi connectivity index (χ1) is 13.2. The number of hydrogen-bond donors (Lipinski definition) is 0. The highest BCUT2D eigenvalue weighted by Crippen LogP contribution is 2.34. The molecule has 0 bridgehead atoms. The molecule has 1 aliphatic rings. The monoisotopic (exact) mass is 382 g/mol. The number of thiazole rings is 1. The Hall–Kier alpha value is -2.38. The fourth-order valence-electron chi connectivity index (χ4n) is 4.01. The van der Waals surface area contributed by atoms with E-state index in [4.69, 9.17) is 9.72 Å². The minimum Gasteiger partial charge on any atom is -0.378 e. The second-order valence-corrected chi connectivity index (χ2v) is 7.79. The van der Waals surface area contributed by atoms with Crippen molar-refractivity contribution in [1.82, 2.24) is 19.5 Å². The predicted molar refractivity (Wildman–Crippen MR) is 104 cm³/mol. The maximum Gasteiger partial charge on any atom is 0.124 e. The molecule has 0 amide bonds. The van der Waals surface area contributed by atoms with Crippen molar-refractivity contribution in [3.05, 3.63) is 52.6 Å². The summed E-state index contributed by atoms with van der Waals surface area (Å²) in [5.41, 5.74) is 5.39. The van der Waals surface area contributed by atoms with Crippen LogP contribution >= 0.6 is 11.3 Å². The van der Waals surface area contributed by atoms with E-state index in [2.05, 4.69) is 21.5 Å². The van der Waals surface area contributed by atoms with Gasteiger partial charge in [0.1, 0.15) is 17.2 Å². The van der Waals surface area contributed by atoms with Crippen LogP contribution in [0.1, 0.15) is 37.3 Å². The first-order valence-electron chi connectivity index (χ1n) is 9.13. The molecule has 27 heavy (non-hydrogen) atoms. The minimum atomic E-state index is -0.258. The van der Waals surface area contributed by atoms with Gasteiger partial charge in [-0.1, -0.05) is 0 Å². The van der Waals surface area contributed by atoms with E-state index < -0.39 is 0 Å². The lowest BCUT2D eigenvalue weighted by Crippen LogP contribution is -2.26. The van der Waals surface area contributed by atoms with Crippen molar-refractivity contribution in [2.45, 2.75) is 38.3 Å². The van der Waals surface area contributed by atoms with Gasteiger partial charge < -0.3 is 9.30 Å². The molecule has 0 unspecified atom stereocenters. The molecule has 0 spiro atoms. The Balaban J connectivity index is 1.76. The lowest BCUT2D eigenvalue weighted by Gasteiger charge is -2.30. The van der Waals surface area contributed by atoms with Gasteiger partial charge in [-0.2, -0.15) is 0 Å². The van der Waals surface area contributed by atoms with Gasteiger partial charge in [0, 0.05) is 29.8 Å². The molecule has 1 fully saturated rings. The number of aromatic nitrogens is 4. The summed E-state index contributed by atoms with van der Waals surface area (Å²) in [4.78, 5) is 13.8. The van der Waals surface area contributed by atoms with Crippen LogP contribution in [0.2, 0.25) is 0 Å². The summed E-state index contributed by atoms with van der Waals surface area (Å²) in [5.74, 6) is 0.694. The zero-order chi connectivity index (χ0) is 18.4. The Kier molecular flexibility index (Phi) is 4.13. The van der Waals surface area contributed by atoms with Gasteiger partial charge in [0.2, 0.25) is 0 Å². The molecule has 0 radical (unpaired) electrons. The first kappa shape index (κ1) is 16.8. The smallest absolute Gasteiger partial charge is 0.124 e. The van der Waals surface area contributed by atoms with E-state index in [1.54, 1.807) is 29.7 Å². The van der Waals surface area contributed by atoms with Crippen LogP contribution in [0.15, 0.2) is 35.3 Å². The summed E-state index contributed by atoms with van der Waals surface area (Å²) >= 11 is 1.58. The third-order valence-corrected chi connectivity index (χ3v) is 5.83. The highest BCUT2D eigenvalue weighted by molar-refractivity contribution is 7.07. The van der Waals surface area contributed by atoms with Crippen molar-refractivity contribution < 1.29 is 9.13 Å². The van der Waals surface area contributed by atoms with Gasteiger partial charge in [0.25, 0.3) is 0 Å². The molecule has 4 heterocycles. The van der Waals surface area contributed by atoms with Crippen LogP contribution in [0, 0.1) is 5.82 Å². The van der Waals surface area contributed by atoms with Crippen LogP contribution in [-0.2, 0) is 11.2 Å². The Morgan fingerprint density at radius 1 is 1.30 bits per heavy atom. The lowest BCUT2D eigenvalue weighted by atomic mass is 10.0. The molecule has 2 atom stereocenters. The van der Waals surface area contributed by atoms with Crippen LogP contribution in [-0.4, -0.2) is 32.2 Å². The number of ether oxygens (including phenoxy) is 1. The van der Waals surface area contributed by atoms with E-state index in [0.717, 1.165) is 52.9 Å². The maximum absolute atomic E-state index is 14.0. The molecular weight excluding hydrogens is 363 g/mol.